The molecule has 0 radical (unpaired) electrons. The summed E-state index contributed by atoms with van der Waals surface area (Å²) in [4.78, 5) is 27.5. The van der Waals surface area contributed by atoms with Crippen molar-refractivity contribution in [3.8, 4) is 0 Å². The second-order valence-electron chi connectivity index (χ2n) is 8.10. The molecule has 0 aliphatic heterocycles. The molecule has 35 heavy (non-hydrogen) atoms. The van der Waals surface area contributed by atoms with Crippen LogP contribution in [-0.4, -0.2) is 44.8 Å². The Hall–Kier alpha value is -3.36. The highest BCUT2D eigenvalue weighted by Gasteiger charge is 2.32. The highest BCUT2D eigenvalue weighted by atomic mass is 35.5. The Bertz CT molecular complexity index is 1260. The van der Waals surface area contributed by atoms with Crippen molar-refractivity contribution >= 4 is 39.1 Å². The molecule has 1 unspecified atom stereocenters. The van der Waals surface area contributed by atoms with Crippen LogP contribution in [0.5, 0.6) is 0 Å². The zero-order valence-electron chi connectivity index (χ0n) is 19.8. The number of sulfonamides is 1. The zero-order valence-corrected chi connectivity index (χ0v) is 21.4. The van der Waals surface area contributed by atoms with E-state index in [0.29, 0.717) is 5.02 Å². The Morgan fingerprint density at radius 3 is 2.11 bits per heavy atom. The maximum Gasteiger partial charge on any atom is 0.264 e. The number of anilines is 1. The van der Waals surface area contributed by atoms with E-state index in [-0.39, 0.29) is 23.0 Å². The minimum Gasteiger partial charge on any atom is -0.357 e. The molecule has 3 rings (SSSR count). The quantitative estimate of drug-likeness (QED) is 0.468. The van der Waals surface area contributed by atoms with Gasteiger partial charge < -0.3 is 10.2 Å². The number of nitrogens with one attached hydrogen (secondary N) is 1. The SMILES string of the molecule is CNC(=O)C(C)N(Cc1ccc(C)cc1)C(=O)CN(c1ccc(Cl)cc1)S(=O)(=O)c1ccccc1. The molecule has 9 heteroatoms. The van der Waals surface area contributed by atoms with E-state index in [1.165, 1.54) is 24.1 Å². The van der Waals surface area contributed by atoms with Crippen molar-refractivity contribution < 1.29 is 18.0 Å². The summed E-state index contributed by atoms with van der Waals surface area (Å²) in [7, 11) is -2.59. The van der Waals surface area contributed by atoms with Gasteiger partial charge in [-0.2, -0.15) is 0 Å². The first-order valence-electron chi connectivity index (χ1n) is 11.0. The second kappa shape index (κ2) is 11.4. The van der Waals surface area contributed by atoms with Gasteiger partial charge in [-0.05, 0) is 55.8 Å². The Morgan fingerprint density at radius 2 is 1.54 bits per heavy atom. The third kappa shape index (κ3) is 6.41. The van der Waals surface area contributed by atoms with Gasteiger partial charge in [0, 0.05) is 18.6 Å². The average Bonchev–Trinajstić information content (AvgIpc) is 2.87. The molecule has 0 bridgehead atoms. The summed E-state index contributed by atoms with van der Waals surface area (Å²) >= 11 is 6.01. The Balaban J connectivity index is 2.00. The van der Waals surface area contributed by atoms with Crippen molar-refractivity contribution in [3.63, 3.8) is 0 Å². The van der Waals surface area contributed by atoms with E-state index in [9.17, 15) is 18.0 Å². The molecular weight excluding hydrogens is 486 g/mol. The highest BCUT2D eigenvalue weighted by Crippen LogP contribution is 2.26. The number of likely N-dealkylation sites (N-methyl/N-ethyl adjacent to an activating group) is 1. The topological polar surface area (TPSA) is 86.8 Å². The molecule has 0 saturated heterocycles. The highest BCUT2D eigenvalue weighted by molar-refractivity contribution is 7.92. The molecule has 0 aliphatic carbocycles. The van der Waals surface area contributed by atoms with Crippen LogP contribution in [-0.2, 0) is 26.2 Å². The van der Waals surface area contributed by atoms with E-state index in [2.05, 4.69) is 5.32 Å². The molecule has 7 nitrogen and oxygen atoms in total. The fraction of sp³-hybridized carbons (Fsp3) is 0.231. The molecule has 3 aromatic rings. The number of carbonyl (C=O) groups is 2. The van der Waals surface area contributed by atoms with E-state index in [0.717, 1.165) is 15.4 Å². The van der Waals surface area contributed by atoms with Crippen molar-refractivity contribution in [1.82, 2.24) is 10.2 Å². The van der Waals surface area contributed by atoms with Crippen LogP contribution in [0.15, 0.2) is 83.8 Å². The molecule has 184 valence electrons. The zero-order chi connectivity index (χ0) is 25.6. The molecule has 0 aliphatic rings. The summed E-state index contributed by atoms with van der Waals surface area (Å²) in [6.07, 6.45) is 0. The monoisotopic (exact) mass is 513 g/mol. The van der Waals surface area contributed by atoms with Gasteiger partial charge in [-0.3, -0.25) is 13.9 Å². The van der Waals surface area contributed by atoms with E-state index in [1.54, 1.807) is 49.4 Å². The van der Waals surface area contributed by atoms with Gasteiger partial charge in [-0.15, -0.1) is 0 Å². The minimum atomic E-state index is -4.08. The third-order valence-electron chi connectivity index (χ3n) is 5.61. The lowest BCUT2D eigenvalue weighted by Gasteiger charge is -2.31. The number of aryl methyl sites for hydroxylation is 1. The van der Waals surface area contributed by atoms with Crippen molar-refractivity contribution in [1.29, 1.82) is 0 Å². The molecule has 1 atom stereocenters. The maximum atomic E-state index is 13.6. The van der Waals surface area contributed by atoms with E-state index >= 15 is 0 Å². The summed E-state index contributed by atoms with van der Waals surface area (Å²) < 4.78 is 28.2. The summed E-state index contributed by atoms with van der Waals surface area (Å²) in [6, 6.07) is 20.9. The van der Waals surface area contributed by atoms with Crippen molar-refractivity contribution in [3.05, 3.63) is 95.0 Å². The van der Waals surface area contributed by atoms with E-state index < -0.39 is 28.5 Å². The van der Waals surface area contributed by atoms with Gasteiger partial charge in [-0.1, -0.05) is 59.6 Å². The standard InChI is InChI=1S/C26H28ClN3O4S/c1-19-9-11-21(12-10-19)17-29(20(2)26(32)28-3)25(31)18-30(23-15-13-22(27)14-16-23)35(33,34)24-7-5-4-6-8-24/h4-16,20H,17-18H2,1-3H3,(H,28,32). The molecule has 0 saturated carbocycles. The van der Waals surface area contributed by atoms with Crippen LogP contribution in [0.25, 0.3) is 0 Å². The Kier molecular flexibility index (Phi) is 8.53. The Morgan fingerprint density at radius 1 is 0.943 bits per heavy atom. The summed E-state index contributed by atoms with van der Waals surface area (Å²) in [6.45, 7) is 3.22. The number of hydrogen-bond donors (Lipinski definition) is 1. The number of nitrogens with zero attached hydrogens (tertiary/aromatic N) is 2. The first-order valence-corrected chi connectivity index (χ1v) is 12.8. The predicted molar refractivity (Wildman–Crippen MR) is 138 cm³/mol. The van der Waals surface area contributed by atoms with Gasteiger partial charge in [0.1, 0.15) is 12.6 Å². The third-order valence-corrected chi connectivity index (χ3v) is 7.65. The van der Waals surface area contributed by atoms with Crippen LogP contribution < -0.4 is 9.62 Å². The van der Waals surface area contributed by atoms with Crippen LogP contribution in [0, 0.1) is 6.92 Å². The lowest BCUT2D eigenvalue weighted by molar-refractivity contribution is -0.139. The van der Waals surface area contributed by atoms with Crippen molar-refractivity contribution in [2.45, 2.75) is 31.3 Å². The normalized spacial score (nSPS) is 12.0. The first kappa shape index (κ1) is 26.2. The minimum absolute atomic E-state index is 0.0483. The maximum absolute atomic E-state index is 13.6. The van der Waals surface area contributed by atoms with Crippen LogP contribution in [0.2, 0.25) is 5.02 Å². The largest absolute Gasteiger partial charge is 0.357 e. The molecule has 0 aromatic heterocycles. The van der Waals surface area contributed by atoms with E-state index in [4.69, 9.17) is 11.6 Å². The molecule has 1 N–H and O–H groups in total. The molecular formula is C26H28ClN3O4S. The number of carbonyl (C=O) groups excluding carboxylic acids is 2. The number of halogens is 1. The molecule has 0 spiro atoms. The number of benzene rings is 3. The molecule has 3 aromatic carbocycles. The van der Waals surface area contributed by atoms with Gasteiger partial charge in [-0.25, -0.2) is 8.42 Å². The second-order valence-corrected chi connectivity index (χ2v) is 10.4. The van der Waals surface area contributed by atoms with Gasteiger partial charge in [0.05, 0.1) is 10.6 Å². The lowest BCUT2D eigenvalue weighted by Crippen LogP contribution is -2.50. The molecule has 0 heterocycles. The molecule has 2 amide bonds. The van der Waals surface area contributed by atoms with Crippen LogP contribution in [0.4, 0.5) is 5.69 Å². The van der Waals surface area contributed by atoms with Crippen LogP contribution >= 0.6 is 11.6 Å². The lowest BCUT2D eigenvalue weighted by atomic mass is 10.1. The molecule has 0 fully saturated rings. The summed E-state index contributed by atoms with van der Waals surface area (Å²) in [5, 5.41) is 3.00. The average molecular weight is 514 g/mol. The van der Waals surface area contributed by atoms with Crippen LogP contribution in [0.1, 0.15) is 18.1 Å². The fourth-order valence-corrected chi connectivity index (χ4v) is 5.10. The number of rotatable bonds is 9. The van der Waals surface area contributed by atoms with Gasteiger partial charge >= 0.3 is 0 Å². The van der Waals surface area contributed by atoms with E-state index in [1.807, 2.05) is 31.2 Å². The first-order chi connectivity index (χ1) is 16.6. The van der Waals surface area contributed by atoms with Crippen molar-refractivity contribution in [2.24, 2.45) is 0 Å². The Labute approximate surface area is 211 Å². The fourth-order valence-electron chi connectivity index (χ4n) is 3.54. The summed E-state index contributed by atoms with van der Waals surface area (Å²) in [5.41, 5.74) is 2.17. The number of amides is 2. The number of hydrogen-bond acceptors (Lipinski definition) is 4. The van der Waals surface area contributed by atoms with Crippen LogP contribution in [0.3, 0.4) is 0 Å². The smallest absolute Gasteiger partial charge is 0.264 e. The van der Waals surface area contributed by atoms with Gasteiger partial charge in [0.25, 0.3) is 10.0 Å². The van der Waals surface area contributed by atoms with Gasteiger partial charge in [0.2, 0.25) is 11.8 Å². The van der Waals surface area contributed by atoms with Gasteiger partial charge in [0.15, 0.2) is 0 Å². The van der Waals surface area contributed by atoms with Crippen molar-refractivity contribution in [2.75, 3.05) is 17.9 Å². The summed E-state index contributed by atoms with van der Waals surface area (Å²) in [5.74, 6) is -0.870. The predicted octanol–water partition coefficient (Wildman–Crippen LogP) is 4.01.